The summed E-state index contributed by atoms with van der Waals surface area (Å²) in [4.78, 5) is 11.1. The molecule has 2 aromatic rings. The molecule has 9 heteroatoms. The van der Waals surface area contributed by atoms with Gasteiger partial charge in [0.15, 0.2) is 5.82 Å². The molecule has 26 heavy (non-hydrogen) atoms. The fourth-order valence-electron chi connectivity index (χ4n) is 3.85. The maximum atomic E-state index is 9.30. The van der Waals surface area contributed by atoms with Gasteiger partial charge in [-0.3, -0.25) is 0 Å². The van der Waals surface area contributed by atoms with Crippen LogP contribution in [0.5, 0.6) is 0 Å². The second kappa shape index (κ2) is 7.16. The van der Waals surface area contributed by atoms with Gasteiger partial charge in [0.2, 0.25) is 5.95 Å². The molecule has 0 aliphatic carbocycles. The molecule has 4 heterocycles. The van der Waals surface area contributed by atoms with Crippen LogP contribution >= 0.6 is 0 Å². The Labute approximate surface area is 152 Å². The summed E-state index contributed by atoms with van der Waals surface area (Å²) in [6.07, 6.45) is 2.91. The molecule has 0 radical (unpaired) electrons. The van der Waals surface area contributed by atoms with Crippen molar-refractivity contribution in [1.82, 2.24) is 24.7 Å². The topological polar surface area (TPSA) is 115 Å². The predicted octanol–water partition coefficient (Wildman–Crippen LogP) is 0.568. The van der Waals surface area contributed by atoms with Crippen molar-refractivity contribution in [3.05, 3.63) is 23.4 Å². The molecule has 2 fully saturated rings. The van der Waals surface area contributed by atoms with E-state index in [1.54, 1.807) is 0 Å². The van der Waals surface area contributed by atoms with Crippen molar-refractivity contribution >= 4 is 11.8 Å². The molecule has 2 aromatic heterocycles. The molecule has 2 saturated heterocycles. The van der Waals surface area contributed by atoms with Crippen LogP contribution in [0.25, 0.3) is 0 Å². The zero-order valence-electron chi connectivity index (χ0n) is 15.0. The molecule has 9 nitrogen and oxygen atoms in total. The number of aliphatic hydroxyl groups excluding tert-OH is 1. The zero-order chi connectivity index (χ0) is 18.1. The van der Waals surface area contributed by atoms with Crippen LogP contribution < -0.4 is 10.6 Å². The monoisotopic (exact) mass is 359 g/mol. The Morgan fingerprint density at radius 1 is 1.19 bits per heavy atom. The van der Waals surface area contributed by atoms with Gasteiger partial charge in [-0.2, -0.15) is 4.98 Å². The van der Waals surface area contributed by atoms with Crippen molar-refractivity contribution in [1.29, 1.82) is 0 Å². The third-order valence-corrected chi connectivity index (χ3v) is 5.42. The number of hydrogen-bond acceptors (Lipinski definition) is 8. The Morgan fingerprint density at radius 2 is 2.00 bits per heavy atom. The Morgan fingerprint density at radius 3 is 2.65 bits per heavy atom. The van der Waals surface area contributed by atoms with Crippen LogP contribution in [0.4, 0.5) is 11.8 Å². The SMILES string of the molecule is Cn1c(CO)nnc1C1CCN(c2cc([C@H]3CCOC3)nc(N)n2)CC1. The van der Waals surface area contributed by atoms with E-state index in [1.165, 1.54) is 0 Å². The number of ether oxygens (including phenoxy) is 1. The number of nitrogens with zero attached hydrogens (tertiary/aromatic N) is 6. The maximum Gasteiger partial charge on any atom is 0.222 e. The summed E-state index contributed by atoms with van der Waals surface area (Å²) in [6.45, 7) is 3.16. The van der Waals surface area contributed by atoms with E-state index in [9.17, 15) is 5.11 Å². The van der Waals surface area contributed by atoms with Gasteiger partial charge < -0.3 is 25.0 Å². The van der Waals surface area contributed by atoms with Crippen LogP contribution in [0.2, 0.25) is 0 Å². The van der Waals surface area contributed by atoms with Crippen LogP contribution in [0.15, 0.2) is 6.07 Å². The smallest absolute Gasteiger partial charge is 0.222 e. The van der Waals surface area contributed by atoms with E-state index in [0.717, 1.165) is 56.3 Å². The second-order valence-electron chi connectivity index (χ2n) is 7.02. The van der Waals surface area contributed by atoms with Gasteiger partial charge in [-0.1, -0.05) is 0 Å². The molecule has 2 aliphatic rings. The van der Waals surface area contributed by atoms with Crippen LogP contribution in [0.3, 0.4) is 0 Å². The average molecular weight is 359 g/mol. The lowest BCUT2D eigenvalue weighted by molar-refractivity contribution is 0.193. The summed E-state index contributed by atoms with van der Waals surface area (Å²) in [5.41, 5.74) is 6.93. The third-order valence-electron chi connectivity index (χ3n) is 5.42. The number of piperidine rings is 1. The van der Waals surface area contributed by atoms with Gasteiger partial charge in [0.05, 0.1) is 12.3 Å². The van der Waals surface area contributed by atoms with Gasteiger partial charge in [-0.15, -0.1) is 10.2 Å². The number of rotatable bonds is 4. The first-order chi connectivity index (χ1) is 12.7. The lowest BCUT2D eigenvalue weighted by Crippen LogP contribution is -2.34. The summed E-state index contributed by atoms with van der Waals surface area (Å²) < 4.78 is 7.38. The van der Waals surface area contributed by atoms with E-state index < -0.39 is 0 Å². The van der Waals surface area contributed by atoms with E-state index in [4.69, 9.17) is 10.5 Å². The molecule has 1 atom stereocenters. The fourth-order valence-corrected chi connectivity index (χ4v) is 3.85. The van der Waals surface area contributed by atoms with Crippen LogP contribution in [-0.2, 0) is 18.4 Å². The van der Waals surface area contributed by atoms with Crippen LogP contribution in [0, 0.1) is 0 Å². The van der Waals surface area contributed by atoms with E-state index in [0.29, 0.717) is 30.2 Å². The number of nitrogen functional groups attached to an aromatic ring is 1. The number of aliphatic hydroxyl groups is 1. The minimum atomic E-state index is -0.0871. The molecule has 4 rings (SSSR count). The van der Waals surface area contributed by atoms with Gasteiger partial charge in [0.1, 0.15) is 18.2 Å². The lowest BCUT2D eigenvalue weighted by atomic mass is 9.95. The van der Waals surface area contributed by atoms with Crippen molar-refractivity contribution in [3.8, 4) is 0 Å². The zero-order valence-corrected chi connectivity index (χ0v) is 15.0. The summed E-state index contributed by atoms with van der Waals surface area (Å²) in [5.74, 6) is 3.42. The highest BCUT2D eigenvalue weighted by Crippen LogP contribution is 2.31. The first kappa shape index (κ1) is 17.2. The van der Waals surface area contributed by atoms with Gasteiger partial charge in [-0.05, 0) is 19.3 Å². The molecule has 2 aliphatic heterocycles. The minimum absolute atomic E-state index is 0.0871. The highest BCUT2D eigenvalue weighted by atomic mass is 16.5. The quantitative estimate of drug-likeness (QED) is 0.814. The number of anilines is 2. The first-order valence-electron chi connectivity index (χ1n) is 9.12. The van der Waals surface area contributed by atoms with Crippen molar-refractivity contribution < 1.29 is 9.84 Å². The van der Waals surface area contributed by atoms with E-state index in [1.807, 2.05) is 11.6 Å². The predicted molar refractivity (Wildman–Crippen MR) is 95.7 cm³/mol. The Bertz CT molecular complexity index is 764. The van der Waals surface area contributed by atoms with E-state index in [2.05, 4.69) is 31.1 Å². The fraction of sp³-hybridized carbons (Fsp3) is 0.647. The number of hydrogen-bond donors (Lipinski definition) is 2. The van der Waals surface area contributed by atoms with E-state index >= 15 is 0 Å². The Hall–Kier alpha value is -2.26. The second-order valence-corrected chi connectivity index (χ2v) is 7.02. The molecule has 3 N–H and O–H groups in total. The van der Waals surface area contributed by atoms with Crippen LogP contribution in [-0.4, -0.2) is 56.1 Å². The van der Waals surface area contributed by atoms with Gasteiger partial charge >= 0.3 is 0 Å². The molecule has 140 valence electrons. The van der Waals surface area contributed by atoms with Gasteiger partial charge in [0.25, 0.3) is 0 Å². The standard InChI is InChI=1S/C17H25N7O2/c1-23-15(9-25)21-22-16(23)11-2-5-24(6-3-11)14-8-13(19-17(18)20-14)12-4-7-26-10-12/h8,11-12,25H,2-7,9-10H2,1H3,(H2,18,19,20)/t12-/m0/s1. The van der Waals surface area contributed by atoms with Crippen molar-refractivity contribution in [2.75, 3.05) is 36.9 Å². The molecular weight excluding hydrogens is 334 g/mol. The largest absolute Gasteiger partial charge is 0.388 e. The number of nitrogens with two attached hydrogens (primary N) is 1. The lowest BCUT2D eigenvalue weighted by Gasteiger charge is -2.32. The normalized spacial score (nSPS) is 21.5. The highest BCUT2D eigenvalue weighted by Gasteiger charge is 2.27. The van der Waals surface area contributed by atoms with Crippen molar-refractivity contribution in [2.45, 2.75) is 37.7 Å². The Balaban J connectivity index is 1.46. The van der Waals surface area contributed by atoms with Crippen LogP contribution in [0.1, 0.15) is 48.4 Å². The molecular formula is C17H25N7O2. The highest BCUT2D eigenvalue weighted by molar-refractivity contribution is 5.45. The van der Waals surface area contributed by atoms with Gasteiger partial charge in [-0.25, -0.2) is 4.98 Å². The van der Waals surface area contributed by atoms with Crippen molar-refractivity contribution in [2.24, 2.45) is 7.05 Å². The molecule has 0 unspecified atom stereocenters. The maximum absolute atomic E-state index is 9.30. The third kappa shape index (κ3) is 3.24. The molecule has 0 aromatic carbocycles. The molecule has 0 bridgehead atoms. The molecule has 0 saturated carbocycles. The summed E-state index contributed by atoms with van der Waals surface area (Å²) in [6, 6.07) is 2.06. The summed E-state index contributed by atoms with van der Waals surface area (Å²) >= 11 is 0. The van der Waals surface area contributed by atoms with E-state index in [-0.39, 0.29) is 6.61 Å². The first-order valence-corrected chi connectivity index (χ1v) is 9.12. The Kier molecular flexibility index (Phi) is 4.73. The van der Waals surface area contributed by atoms with Crippen molar-refractivity contribution in [3.63, 3.8) is 0 Å². The summed E-state index contributed by atoms with van der Waals surface area (Å²) in [5, 5.41) is 17.6. The average Bonchev–Trinajstić information content (AvgIpc) is 3.31. The molecule has 0 amide bonds. The molecule has 0 spiro atoms. The van der Waals surface area contributed by atoms with Gasteiger partial charge in [0, 0.05) is 44.6 Å². The number of aromatic nitrogens is 5. The minimum Gasteiger partial charge on any atom is -0.388 e. The summed E-state index contributed by atoms with van der Waals surface area (Å²) in [7, 11) is 1.91.